The molecule has 0 saturated carbocycles. The van der Waals surface area contributed by atoms with Crippen molar-refractivity contribution < 1.29 is 19.4 Å². The molecule has 0 radical (unpaired) electrons. The van der Waals surface area contributed by atoms with Gasteiger partial charge in [-0.15, -0.1) is 11.3 Å². The topological polar surface area (TPSA) is 66.8 Å². The fourth-order valence-corrected chi connectivity index (χ4v) is 3.80. The van der Waals surface area contributed by atoms with Crippen molar-refractivity contribution in [2.45, 2.75) is 19.4 Å². The maximum atomic E-state index is 13.0. The summed E-state index contributed by atoms with van der Waals surface area (Å²) in [6, 6.07) is 13.0. The lowest BCUT2D eigenvalue weighted by molar-refractivity contribution is 0.0448. The minimum atomic E-state index is -0.997. The molecule has 3 rings (SSSR count). The lowest BCUT2D eigenvalue weighted by Gasteiger charge is -2.29. The molecule has 1 N–H and O–H groups in total. The van der Waals surface area contributed by atoms with E-state index >= 15 is 0 Å². The number of aromatic carboxylic acids is 1. The number of hydrogen-bond acceptors (Lipinski definition) is 4. The normalized spacial score (nSPS) is 15.0. The fraction of sp³-hybridized carbons (Fsp3) is 0.368. The van der Waals surface area contributed by atoms with E-state index in [9.17, 15) is 9.59 Å². The second-order valence-electron chi connectivity index (χ2n) is 6.20. The van der Waals surface area contributed by atoms with Crippen molar-refractivity contribution in [2.24, 2.45) is 5.92 Å². The molecule has 0 aliphatic carbocycles. The minimum absolute atomic E-state index is 0.104. The smallest absolute Gasteiger partial charge is 0.345 e. The number of carbonyl (C=O) groups excluding carboxylic acids is 1. The highest BCUT2D eigenvalue weighted by Gasteiger charge is 2.24. The molecule has 1 saturated heterocycles. The third kappa shape index (κ3) is 4.67. The molecule has 25 heavy (non-hydrogen) atoms. The van der Waals surface area contributed by atoms with E-state index in [0.717, 1.165) is 43.0 Å². The molecule has 0 atom stereocenters. The number of thiophene rings is 1. The van der Waals surface area contributed by atoms with Gasteiger partial charge in [-0.1, -0.05) is 30.3 Å². The van der Waals surface area contributed by atoms with Crippen LogP contribution in [0.15, 0.2) is 42.5 Å². The van der Waals surface area contributed by atoms with Crippen LogP contribution < -0.4 is 0 Å². The van der Waals surface area contributed by atoms with E-state index in [1.165, 1.54) is 6.07 Å². The Kier molecular flexibility index (Phi) is 5.83. The zero-order valence-corrected chi connectivity index (χ0v) is 14.7. The third-order valence-corrected chi connectivity index (χ3v) is 5.41. The molecule has 1 aliphatic heterocycles. The Hall–Kier alpha value is -2.18. The number of carboxylic acids is 1. The van der Waals surface area contributed by atoms with Gasteiger partial charge in [0, 0.05) is 26.3 Å². The maximum absolute atomic E-state index is 13.0. The molecule has 2 aromatic rings. The number of rotatable bonds is 6. The molecule has 132 valence electrons. The van der Waals surface area contributed by atoms with Gasteiger partial charge < -0.3 is 14.7 Å². The van der Waals surface area contributed by atoms with Crippen LogP contribution in [-0.2, 0) is 11.3 Å². The van der Waals surface area contributed by atoms with Crippen LogP contribution in [0.3, 0.4) is 0 Å². The number of benzene rings is 1. The Morgan fingerprint density at radius 1 is 1.08 bits per heavy atom. The minimum Gasteiger partial charge on any atom is -0.477 e. The Bertz CT molecular complexity index is 722. The van der Waals surface area contributed by atoms with Crippen LogP contribution in [0.2, 0.25) is 0 Å². The van der Waals surface area contributed by atoms with Gasteiger partial charge in [-0.2, -0.15) is 0 Å². The molecule has 1 amide bonds. The first-order valence-corrected chi connectivity index (χ1v) is 9.19. The number of ether oxygens (including phenoxy) is 1. The lowest BCUT2D eigenvalue weighted by Crippen LogP contribution is -2.36. The fourth-order valence-electron chi connectivity index (χ4n) is 2.99. The Morgan fingerprint density at radius 2 is 1.76 bits per heavy atom. The van der Waals surface area contributed by atoms with E-state index in [4.69, 9.17) is 9.84 Å². The van der Waals surface area contributed by atoms with Crippen LogP contribution in [0.5, 0.6) is 0 Å². The van der Waals surface area contributed by atoms with Crippen molar-refractivity contribution in [3.63, 3.8) is 0 Å². The molecular formula is C19H21NO4S. The lowest BCUT2D eigenvalue weighted by atomic mass is 9.99. The van der Waals surface area contributed by atoms with E-state index < -0.39 is 5.97 Å². The van der Waals surface area contributed by atoms with Gasteiger partial charge >= 0.3 is 5.97 Å². The van der Waals surface area contributed by atoms with Crippen LogP contribution >= 0.6 is 11.3 Å². The number of hydrogen-bond donors (Lipinski definition) is 1. The van der Waals surface area contributed by atoms with Crippen molar-refractivity contribution in [1.82, 2.24) is 4.90 Å². The Morgan fingerprint density at radius 3 is 2.40 bits per heavy atom. The molecule has 1 aliphatic rings. The van der Waals surface area contributed by atoms with Crippen LogP contribution in [0, 0.1) is 5.92 Å². The van der Waals surface area contributed by atoms with Gasteiger partial charge in [0.15, 0.2) is 0 Å². The zero-order valence-electron chi connectivity index (χ0n) is 13.9. The summed E-state index contributed by atoms with van der Waals surface area (Å²) in [5, 5.41) is 9.09. The second-order valence-corrected chi connectivity index (χ2v) is 7.28. The standard InChI is InChI=1S/C19H21NO4S/c21-18(16-6-7-17(25-16)19(22)23)20(12-14-4-2-1-3-5-14)13-15-8-10-24-11-9-15/h1-7,15H,8-13H2,(H,22,23). The Balaban J connectivity index is 1.78. The molecule has 5 nitrogen and oxygen atoms in total. The number of carboxylic acid groups (broad SMARTS) is 1. The molecule has 1 fully saturated rings. The molecule has 0 bridgehead atoms. The third-order valence-electron chi connectivity index (χ3n) is 4.35. The quantitative estimate of drug-likeness (QED) is 0.857. The van der Waals surface area contributed by atoms with E-state index in [-0.39, 0.29) is 10.8 Å². The van der Waals surface area contributed by atoms with Crippen molar-refractivity contribution in [2.75, 3.05) is 19.8 Å². The summed E-state index contributed by atoms with van der Waals surface area (Å²) in [5.74, 6) is -0.684. The van der Waals surface area contributed by atoms with E-state index in [2.05, 4.69) is 0 Å². The summed E-state index contributed by atoms with van der Waals surface area (Å²) in [5.41, 5.74) is 1.07. The second kappa shape index (κ2) is 8.27. The van der Waals surface area contributed by atoms with Crippen molar-refractivity contribution in [3.05, 3.63) is 57.8 Å². The molecule has 2 heterocycles. The molecular weight excluding hydrogens is 338 g/mol. The van der Waals surface area contributed by atoms with Gasteiger partial charge in [0.25, 0.3) is 5.91 Å². The SMILES string of the molecule is O=C(O)c1ccc(C(=O)N(Cc2ccccc2)CC2CCOCC2)s1. The maximum Gasteiger partial charge on any atom is 0.345 e. The highest BCUT2D eigenvalue weighted by molar-refractivity contribution is 7.15. The molecule has 0 unspecified atom stereocenters. The number of carbonyl (C=O) groups is 2. The first-order chi connectivity index (χ1) is 12.1. The summed E-state index contributed by atoms with van der Waals surface area (Å²) in [7, 11) is 0. The summed E-state index contributed by atoms with van der Waals surface area (Å²) in [6.45, 7) is 2.66. The first-order valence-electron chi connectivity index (χ1n) is 8.37. The largest absolute Gasteiger partial charge is 0.477 e. The van der Waals surface area contributed by atoms with Crippen LogP contribution in [-0.4, -0.2) is 41.6 Å². The Labute approximate surface area is 150 Å². The average molecular weight is 359 g/mol. The summed E-state index contributed by atoms with van der Waals surface area (Å²) < 4.78 is 5.41. The van der Waals surface area contributed by atoms with Gasteiger partial charge in [0.2, 0.25) is 0 Å². The van der Waals surface area contributed by atoms with Gasteiger partial charge in [-0.3, -0.25) is 4.79 Å². The monoisotopic (exact) mass is 359 g/mol. The highest BCUT2D eigenvalue weighted by atomic mass is 32.1. The number of nitrogens with zero attached hydrogens (tertiary/aromatic N) is 1. The van der Waals surface area contributed by atoms with Gasteiger partial charge in [0.05, 0.1) is 4.88 Å². The van der Waals surface area contributed by atoms with Crippen LogP contribution in [0.4, 0.5) is 0 Å². The molecule has 0 spiro atoms. The van der Waals surface area contributed by atoms with Gasteiger partial charge in [-0.25, -0.2) is 4.79 Å². The molecule has 6 heteroatoms. The van der Waals surface area contributed by atoms with Crippen molar-refractivity contribution in [3.8, 4) is 0 Å². The van der Waals surface area contributed by atoms with Gasteiger partial charge in [-0.05, 0) is 36.5 Å². The van der Waals surface area contributed by atoms with E-state index in [1.807, 2.05) is 35.2 Å². The van der Waals surface area contributed by atoms with E-state index in [0.29, 0.717) is 23.9 Å². The number of amides is 1. The summed E-state index contributed by atoms with van der Waals surface area (Å²) in [6.07, 6.45) is 1.90. The first kappa shape index (κ1) is 17.6. The van der Waals surface area contributed by atoms with Crippen molar-refractivity contribution >= 4 is 23.2 Å². The van der Waals surface area contributed by atoms with Gasteiger partial charge in [0.1, 0.15) is 4.88 Å². The predicted molar refractivity (Wildman–Crippen MR) is 96.0 cm³/mol. The molecule has 1 aromatic carbocycles. The van der Waals surface area contributed by atoms with Crippen LogP contribution in [0.1, 0.15) is 37.7 Å². The average Bonchev–Trinajstić information content (AvgIpc) is 3.13. The van der Waals surface area contributed by atoms with Crippen LogP contribution in [0.25, 0.3) is 0 Å². The van der Waals surface area contributed by atoms with E-state index in [1.54, 1.807) is 6.07 Å². The predicted octanol–water partition coefficient (Wildman–Crippen LogP) is 3.52. The highest BCUT2D eigenvalue weighted by Crippen LogP contribution is 2.23. The summed E-state index contributed by atoms with van der Waals surface area (Å²) in [4.78, 5) is 26.6. The zero-order chi connectivity index (χ0) is 17.6. The molecule has 1 aromatic heterocycles. The van der Waals surface area contributed by atoms with Crippen molar-refractivity contribution in [1.29, 1.82) is 0 Å². The summed E-state index contributed by atoms with van der Waals surface area (Å²) >= 11 is 1.03.